The maximum atomic E-state index is 5.77. The number of nitrogens with two attached hydrogens (primary N) is 1. The molecule has 1 heterocycles. The Balaban J connectivity index is 2.36. The van der Waals surface area contributed by atoms with Crippen LogP contribution in [0.25, 0.3) is 0 Å². The molecule has 3 nitrogen and oxygen atoms in total. The number of anilines is 1. The largest absolute Gasteiger partial charge is 0.367 e. The zero-order chi connectivity index (χ0) is 10.5. The van der Waals surface area contributed by atoms with E-state index in [9.17, 15) is 0 Å². The van der Waals surface area contributed by atoms with E-state index in [1.807, 2.05) is 0 Å². The van der Waals surface area contributed by atoms with Crippen molar-refractivity contribution in [1.29, 1.82) is 0 Å². The van der Waals surface area contributed by atoms with Crippen molar-refractivity contribution in [2.45, 2.75) is 46.0 Å². The van der Waals surface area contributed by atoms with Crippen LogP contribution >= 0.6 is 0 Å². The summed E-state index contributed by atoms with van der Waals surface area (Å²) in [4.78, 5) is 0. The number of rotatable bonds is 2. The summed E-state index contributed by atoms with van der Waals surface area (Å²) in [6, 6.07) is 0. The molecule has 0 aromatic carbocycles. The summed E-state index contributed by atoms with van der Waals surface area (Å²) >= 11 is 0. The van der Waals surface area contributed by atoms with Crippen molar-refractivity contribution in [2.75, 3.05) is 5.73 Å². The van der Waals surface area contributed by atoms with Crippen LogP contribution in [0.3, 0.4) is 0 Å². The Morgan fingerprint density at radius 2 is 2.07 bits per heavy atom. The summed E-state index contributed by atoms with van der Waals surface area (Å²) in [7, 11) is 0. The van der Waals surface area contributed by atoms with Gasteiger partial charge < -0.3 is 10.3 Å². The van der Waals surface area contributed by atoms with E-state index in [1.54, 1.807) is 0 Å². The highest BCUT2D eigenvalue weighted by atomic mass is 16.5. The van der Waals surface area contributed by atoms with Crippen molar-refractivity contribution in [2.24, 2.45) is 5.41 Å². The number of hydrogen-bond donors (Lipinski definition) is 1. The molecule has 1 atom stereocenters. The molecule has 2 rings (SSSR count). The van der Waals surface area contributed by atoms with Gasteiger partial charge in [0.1, 0.15) is 0 Å². The van der Waals surface area contributed by atoms with E-state index < -0.39 is 0 Å². The number of hydrogen-bond acceptors (Lipinski definition) is 3. The fourth-order valence-corrected chi connectivity index (χ4v) is 2.09. The third kappa shape index (κ3) is 1.31. The second-order valence-electron chi connectivity index (χ2n) is 5.25. The fraction of sp³-hybridized carbons (Fsp3) is 0.727. The molecule has 1 aliphatic carbocycles. The summed E-state index contributed by atoms with van der Waals surface area (Å²) in [6.45, 7) is 8.77. The van der Waals surface area contributed by atoms with Crippen molar-refractivity contribution in [3.05, 3.63) is 11.3 Å². The highest BCUT2D eigenvalue weighted by Gasteiger charge is 2.49. The topological polar surface area (TPSA) is 52.0 Å². The Labute approximate surface area is 84.7 Å². The van der Waals surface area contributed by atoms with Gasteiger partial charge in [-0.1, -0.05) is 32.9 Å². The van der Waals surface area contributed by atoms with Crippen LogP contribution in [0.2, 0.25) is 0 Å². The minimum absolute atomic E-state index is 0.382. The lowest BCUT2D eigenvalue weighted by atomic mass is 9.98. The molecule has 2 N–H and O–H groups in total. The van der Waals surface area contributed by atoms with Crippen molar-refractivity contribution in [3.63, 3.8) is 0 Å². The van der Waals surface area contributed by atoms with Gasteiger partial charge in [0, 0.05) is 11.5 Å². The molecule has 0 radical (unpaired) electrons. The highest BCUT2D eigenvalue weighted by molar-refractivity contribution is 5.45. The second kappa shape index (κ2) is 2.75. The van der Waals surface area contributed by atoms with Gasteiger partial charge in [0.15, 0.2) is 0 Å². The first-order valence-corrected chi connectivity index (χ1v) is 5.18. The van der Waals surface area contributed by atoms with Gasteiger partial charge in [-0.3, -0.25) is 0 Å². The molecule has 3 heteroatoms. The van der Waals surface area contributed by atoms with Gasteiger partial charge >= 0.3 is 0 Å². The molecule has 1 aromatic heterocycles. The van der Waals surface area contributed by atoms with Crippen LogP contribution in [-0.4, -0.2) is 5.16 Å². The van der Waals surface area contributed by atoms with Crippen LogP contribution in [0.5, 0.6) is 0 Å². The Bertz CT molecular complexity index is 352. The molecule has 14 heavy (non-hydrogen) atoms. The molecular formula is C11H18N2O. The first-order chi connectivity index (χ1) is 6.43. The quantitative estimate of drug-likeness (QED) is 0.787. The molecule has 78 valence electrons. The van der Waals surface area contributed by atoms with Crippen LogP contribution in [0.4, 0.5) is 5.88 Å². The van der Waals surface area contributed by atoms with Gasteiger partial charge in [-0.2, -0.15) is 0 Å². The maximum Gasteiger partial charge on any atom is 0.225 e. The SMILES string of the molecule is CC(C)c1c(C2CC2(C)C)noc1N. The standard InChI is InChI=1S/C11H18N2O/c1-6(2)8-9(13-14-10(8)12)7-5-11(7,3)4/h6-7H,5,12H2,1-4H3. The monoisotopic (exact) mass is 194 g/mol. The smallest absolute Gasteiger partial charge is 0.225 e. The molecule has 1 unspecified atom stereocenters. The molecule has 1 aliphatic rings. The summed E-state index contributed by atoms with van der Waals surface area (Å²) in [5.74, 6) is 1.44. The normalized spacial score (nSPS) is 24.2. The van der Waals surface area contributed by atoms with Crippen molar-refractivity contribution < 1.29 is 4.52 Å². The molecule has 0 spiro atoms. The van der Waals surface area contributed by atoms with Crippen molar-refractivity contribution >= 4 is 5.88 Å². The molecular weight excluding hydrogens is 176 g/mol. The van der Waals surface area contributed by atoms with Gasteiger partial charge in [0.25, 0.3) is 0 Å². The lowest BCUT2D eigenvalue weighted by Gasteiger charge is -2.06. The summed E-state index contributed by atoms with van der Waals surface area (Å²) in [6.07, 6.45) is 1.19. The predicted octanol–water partition coefficient (Wildman–Crippen LogP) is 2.89. The van der Waals surface area contributed by atoms with Gasteiger partial charge in [0.2, 0.25) is 5.88 Å². The average Bonchev–Trinajstić information content (AvgIpc) is 2.54. The van der Waals surface area contributed by atoms with E-state index in [-0.39, 0.29) is 0 Å². The average molecular weight is 194 g/mol. The molecule has 1 saturated carbocycles. The van der Waals surface area contributed by atoms with E-state index in [0.717, 1.165) is 11.3 Å². The van der Waals surface area contributed by atoms with Crippen LogP contribution in [0.15, 0.2) is 4.52 Å². The van der Waals surface area contributed by atoms with E-state index in [1.165, 1.54) is 6.42 Å². The van der Waals surface area contributed by atoms with Crippen LogP contribution in [-0.2, 0) is 0 Å². The van der Waals surface area contributed by atoms with Crippen molar-refractivity contribution in [1.82, 2.24) is 5.16 Å². The lowest BCUT2D eigenvalue weighted by molar-refractivity contribution is 0.423. The highest BCUT2D eigenvalue weighted by Crippen LogP contribution is 2.59. The van der Waals surface area contributed by atoms with Gasteiger partial charge in [-0.05, 0) is 17.8 Å². The Hall–Kier alpha value is -0.990. The number of aromatic nitrogens is 1. The van der Waals surface area contributed by atoms with Gasteiger partial charge in [-0.25, -0.2) is 0 Å². The minimum atomic E-state index is 0.382. The number of nitrogens with zero attached hydrogens (tertiary/aromatic N) is 1. The Kier molecular flexibility index (Phi) is 1.88. The zero-order valence-electron chi connectivity index (χ0n) is 9.29. The van der Waals surface area contributed by atoms with Crippen LogP contribution in [0.1, 0.15) is 57.2 Å². The molecule has 1 fully saturated rings. The van der Waals surface area contributed by atoms with Gasteiger partial charge in [0.05, 0.1) is 5.69 Å². The molecule has 1 aromatic rings. The Morgan fingerprint density at radius 3 is 2.50 bits per heavy atom. The molecule has 0 bridgehead atoms. The maximum absolute atomic E-state index is 5.77. The summed E-state index contributed by atoms with van der Waals surface area (Å²) in [5.41, 5.74) is 8.35. The fourth-order valence-electron chi connectivity index (χ4n) is 2.09. The van der Waals surface area contributed by atoms with E-state index >= 15 is 0 Å². The van der Waals surface area contributed by atoms with Crippen LogP contribution < -0.4 is 5.73 Å². The van der Waals surface area contributed by atoms with Gasteiger partial charge in [-0.15, -0.1) is 0 Å². The molecule has 0 saturated heterocycles. The summed E-state index contributed by atoms with van der Waals surface area (Å²) < 4.78 is 5.08. The molecule has 0 amide bonds. The second-order valence-corrected chi connectivity index (χ2v) is 5.25. The van der Waals surface area contributed by atoms with E-state index in [2.05, 4.69) is 32.9 Å². The Morgan fingerprint density at radius 1 is 1.50 bits per heavy atom. The predicted molar refractivity (Wildman–Crippen MR) is 56.1 cm³/mol. The van der Waals surface area contributed by atoms with E-state index in [0.29, 0.717) is 23.1 Å². The molecule has 0 aliphatic heterocycles. The van der Waals surface area contributed by atoms with Crippen LogP contribution in [0, 0.1) is 5.41 Å². The van der Waals surface area contributed by atoms with Crippen molar-refractivity contribution in [3.8, 4) is 0 Å². The third-order valence-electron chi connectivity index (χ3n) is 3.20. The minimum Gasteiger partial charge on any atom is -0.367 e. The summed E-state index contributed by atoms with van der Waals surface area (Å²) in [5, 5.41) is 4.09. The first kappa shape index (κ1) is 9.56. The third-order valence-corrected chi connectivity index (χ3v) is 3.20. The number of nitrogen functional groups attached to an aromatic ring is 1. The first-order valence-electron chi connectivity index (χ1n) is 5.18. The zero-order valence-corrected chi connectivity index (χ0v) is 9.29. The lowest BCUT2D eigenvalue weighted by Crippen LogP contribution is -1.98. The van der Waals surface area contributed by atoms with E-state index in [4.69, 9.17) is 10.3 Å².